The Labute approximate surface area is 107 Å². The first-order valence-corrected chi connectivity index (χ1v) is 6.43. The second-order valence-corrected chi connectivity index (χ2v) is 4.95. The lowest BCUT2D eigenvalue weighted by atomic mass is 9.99. The van der Waals surface area contributed by atoms with Crippen molar-refractivity contribution in [2.24, 2.45) is 0 Å². The molecule has 2 unspecified atom stereocenters. The number of carbonyl (C=O) groups excluding carboxylic acids is 1. The van der Waals surface area contributed by atoms with Crippen molar-refractivity contribution in [3.05, 3.63) is 23.0 Å². The minimum absolute atomic E-state index is 0.0500. The molecule has 1 aromatic rings. The molecule has 0 saturated carbocycles. The van der Waals surface area contributed by atoms with Crippen LogP contribution in [0.2, 0.25) is 0 Å². The molecule has 5 nitrogen and oxygen atoms in total. The second kappa shape index (κ2) is 5.44. The van der Waals surface area contributed by atoms with Crippen molar-refractivity contribution in [1.29, 1.82) is 0 Å². The number of aromatic nitrogens is 2. The van der Waals surface area contributed by atoms with Crippen molar-refractivity contribution < 1.29 is 4.79 Å². The lowest BCUT2D eigenvalue weighted by Gasteiger charge is -2.30. The number of carbonyl (C=O) groups is 1. The number of hydrogen-bond acceptors (Lipinski definition) is 4. The number of rotatable bonds is 2. The maximum Gasteiger partial charge on any atom is 0.253 e. The molecule has 2 atom stereocenters. The summed E-state index contributed by atoms with van der Waals surface area (Å²) >= 11 is 0. The Morgan fingerprint density at radius 1 is 1.44 bits per heavy atom. The fourth-order valence-corrected chi connectivity index (χ4v) is 2.27. The van der Waals surface area contributed by atoms with Gasteiger partial charge in [-0.25, -0.2) is 0 Å². The van der Waals surface area contributed by atoms with Gasteiger partial charge in [-0.1, -0.05) is 0 Å². The van der Waals surface area contributed by atoms with Gasteiger partial charge < -0.3 is 10.6 Å². The van der Waals surface area contributed by atoms with Crippen LogP contribution in [0.1, 0.15) is 41.5 Å². The molecule has 98 valence electrons. The molecule has 18 heavy (non-hydrogen) atoms. The van der Waals surface area contributed by atoms with Gasteiger partial charge in [0.2, 0.25) is 0 Å². The third-order valence-electron chi connectivity index (χ3n) is 3.42. The molecule has 0 aliphatic carbocycles. The molecule has 1 saturated heterocycles. The zero-order valence-corrected chi connectivity index (χ0v) is 11.2. The molecule has 1 aromatic heterocycles. The van der Waals surface area contributed by atoms with Crippen molar-refractivity contribution in [2.45, 2.75) is 45.7 Å². The van der Waals surface area contributed by atoms with Crippen LogP contribution in [-0.2, 0) is 0 Å². The fourth-order valence-electron chi connectivity index (χ4n) is 2.27. The average Bonchev–Trinajstić information content (AvgIpc) is 2.35. The van der Waals surface area contributed by atoms with Gasteiger partial charge in [-0.3, -0.25) is 4.79 Å². The molecule has 5 heteroatoms. The first kappa shape index (κ1) is 13.0. The van der Waals surface area contributed by atoms with E-state index in [0.29, 0.717) is 17.3 Å². The predicted octanol–water partition coefficient (Wildman–Crippen LogP) is 0.964. The molecule has 0 aromatic carbocycles. The topological polar surface area (TPSA) is 66.9 Å². The molecular weight excluding hydrogens is 228 g/mol. The Bertz CT molecular complexity index is 447. The Balaban J connectivity index is 2.09. The van der Waals surface area contributed by atoms with Crippen LogP contribution in [-0.4, -0.2) is 34.7 Å². The van der Waals surface area contributed by atoms with E-state index in [-0.39, 0.29) is 11.9 Å². The van der Waals surface area contributed by atoms with Crippen LogP contribution in [0.25, 0.3) is 0 Å². The summed E-state index contributed by atoms with van der Waals surface area (Å²) in [6, 6.07) is 2.30. The van der Waals surface area contributed by atoms with Gasteiger partial charge in [0, 0.05) is 12.1 Å². The zero-order chi connectivity index (χ0) is 13.1. The van der Waals surface area contributed by atoms with E-state index in [1.54, 1.807) is 6.07 Å². The summed E-state index contributed by atoms with van der Waals surface area (Å²) in [5.41, 5.74) is 2.07. The van der Waals surface area contributed by atoms with E-state index in [4.69, 9.17) is 0 Å². The van der Waals surface area contributed by atoms with Gasteiger partial charge in [-0.05, 0) is 46.2 Å². The summed E-state index contributed by atoms with van der Waals surface area (Å²) in [4.78, 5) is 12.2. The van der Waals surface area contributed by atoms with E-state index in [2.05, 4.69) is 27.8 Å². The molecular formula is C13H20N4O. The summed E-state index contributed by atoms with van der Waals surface area (Å²) < 4.78 is 0. The van der Waals surface area contributed by atoms with E-state index in [1.165, 1.54) is 0 Å². The summed E-state index contributed by atoms with van der Waals surface area (Å²) in [5.74, 6) is -0.0500. The third kappa shape index (κ3) is 2.85. The number of hydrogen-bond donors (Lipinski definition) is 2. The van der Waals surface area contributed by atoms with Gasteiger partial charge in [0.25, 0.3) is 5.91 Å². The summed E-state index contributed by atoms with van der Waals surface area (Å²) in [6.45, 7) is 6.79. The number of amides is 1. The van der Waals surface area contributed by atoms with Crippen molar-refractivity contribution in [1.82, 2.24) is 20.8 Å². The molecule has 1 amide bonds. The van der Waals surface area contributed by atoms with E-state index < -0.39 is 0 Å². The van der Waals surface area contributed by atoms with E-state index in [1.807, 2.05) is 13.8 Å². The van der Waals surface area contributed by atoms with Crippen molar-refractivity contribution >= 4 is 5.91 Å². The molecule has 1 aliphatic rings. The quantitative estimate of drug-likeness (QED) is 0.818. The molecule has 1 aliphatic heterocycles. The average molecular weight is 248 g/mol. The lowest BCUT2D eigenvalue weighted by molar-refractivity contribution is 0.0918. The Morgan fingerprint density at radius 2 is 2.22 bits per heavy atom. The molecule has 0 bridgehead atoms. The highest BCUT2D eigenvalue weighted by Gasteiger charge is 2.23. The van der Waals surface area contributed by atoms with Crippen LogP contribution in [0.3, 0.4) is 0 Å². The number of nitrogens with zero attached hydrogens (tertiary/aromatic N) is 2. The molecule has 2 heterocycles. The first-order chi connectivity index (χ1) is 8.58. The van der Waals surface area contributed by atoms with Crippen molar-refractivity contribution in [3.63, 3.8) is 0 Å². The Kier molecular flexibility index (Phi) is 3.91. The van der Waals surface area contributed by atoms with Crippen LogP contribution in [0.4, 0.5) is 0 Å². The highest BCUT2D eigenvalue weighted by molar-refractivity contribution is 5.95. The maximum absolute atomic E-state index is 12.2. The van der Waals surface area contributed by atoms with E-state index >= 15 is 0 Å². The number of aryl methyl sites for hydroxylation is 2. The summed E-state index contributed by atoms with van der Waals surface area (Å²) in [6.07, 6.45) is 2.12. The van der Waals surface area contributed by atoms with Gasteiger partial charge >= 0.3 is 0 Å². The van der Waals surface area contributed by atoms with E-state index in [0.717, 1.165) is 25.1 Å². The van der Waals surface area contributed by atoms with Crippen LogP contribution in [0.15, 0.2) is 6.07 Å². The first-order valence-electron chi connectivity index (χ1n) is 6.43. The molecule has 2 rings (SSSR count). The van der Waals surface area contributed by atoms with Crippen molar-refractivity contribution in [2.75, 3.05) is 6.54 Å². The Hall–Kier alpha value is -1.49. The molecule has 1 fully saturated rings. The van der Waals surface area contributed by atoms with Gasteiger partial charge in [0.1, 0.15) is 0 Å². The van der Waals surface area contributed by atoms with Crippen LogP contribution < -0.4 is 10.6 Å². The molecule has 0 spiro atoms. The van der Waals surface area contributed by atoms with Gasteiger partial charge in [-0.15, -0.1) is 0 Å². The molecule has 0 radical (unpaired) electrons. The van der Waals surface area contributed by atoms with Crippen LogP contribution in [0, 0.1) is 13.8 Å². The standard InChI is InChI=1S/C13H20N4O/c1-8-7-11(9(2)17-16-8)13(18)15-12-5-4-6-14-10(12)3/h7,10,12,14H,4-6H2,1-3H3,(H,15,18). The van der Waals surface area contributed by atoms with E-state index in [9.17, 15) is 4.79 Å². The van der Waals surface area contributed by atoms with Gasteiger partial charge in [0.05, 0.1) is 17.0 Å². The van der Waals surface area contributed by atoms with Crippen LogP contribution in [0.5, 0.6) is 0 Å². The maximum atomic E-state index is 12.2. The Morgan fingerprint density at radius 3 is 2.94 bits per heavy atom. The SMILES string of the molecule is Cc1cc(C(=O)NC2CCCNC2C)c(C)nn1. The third-order valence-corrected chi connectivity index (χ3v) is 3.42. The predicted molar refractivity (Wildman–Crippen MR) is 69.5 cm³/mol. The highest BCUT2D eigenvalue weighted by Crippen LogP contribution is 2.11. The second-order valence-electron chi connectivity index (χ2n) is 4.95. The number of piperidine rings is 1. The number of nitrogens with one attached hydrogen (secondary N) is 2. The van der Waals surface area contributed by atoms with Crippen molar-refractivity contribution in [3.8, 4) is 0 Å². The summed E-state index contributed by atoms with van der Waals surface area (Å²) in [5, 5.41) is 14.4. The minimum Gasteiger partial charge on any atom is -0.348 e. The molecule has 2 N–H and O–H groups in total. The van der Waals surface area contributed by atoms with Crippen LogP contribution >= 0.6 is 0 Å². The summed E-state index contributed by atoms with van der Waals surface area (Å²) in [7, 11) is 0. The fraction of sp³-hybridized carbons (Fsp3) is 0.615. The largest absolute Gasteiger partial charge is 0.348 e. The smallest absolute Gasteiger partial charge is 0.253 e. The highest BCUT2D eigenvalue weighted by atomic mass is 16.1. The lowest BCUT2D eigenvalue weighted by Crippen LogP contribution is -2.52. The van der Waals surface area contributed by atoms with Gasteiger partial charge in [0.15, 0.2) is 0 Å². The van der Waals surface area contributed by atoms with Gasteiger partial charge in [-0.2, -0.15) is 10.2 Å². The zero-order valence-electron chi connectivity index (χ0n) is 11.2. The normalized spacial score (nSPS) is 23.7. The minimum atomic E-state index is -0.0500. The monoisotopic (exact) mass is 248 g/mol.